The second kappa shape index (κ2) is 13.1. The van der Waals surface area contributed by atoms with Crippen LogP contribution in [-0.4, -0.2) is 38.6 Å². The smallest absolute Gasteiger partial charge is 0.184 e. The van der Waals surface area contributed by atoms with Gasteiger partial charge in [0.15, 0.2) is 12.0 Å². The van der Waals surface area contributed by atoms with Crippen LogP contribution in [0.3, 0.4) is 0 Å². The van der Waals surface area contributed by atoms with Gasteiger partial charge in [-0.05, 0) is 38.8 Å². The number of fused-ring (bicyclic) bond motifs is 1. The molecule has 0 aromatic heterocycles. The molecule has 0 saturated carbocycles. The van der Waals surface area contributed by atoms with E-state index in [1.54, 1.807) is 0 Å². The quantitative estimate of drug-likeness (QED) is 0.237. The number of benzene rings is 1. The zero-order valence-electron chi connectivity index (χ0n) is 17.8. The Morgan fingerprint density at radius 1 is 0.893 bits per heavy atom. The van der Waals surface area contributed by atoms with Gasteiger partial charge in [-0.2, -0.15) is 4.89 Å². The SMILES string of the molecule is CCCCOC(C)COC(OCC(C)OCCCC)c1ccc2c(c1)COO2. The van der Waals surface area contributed by atoms with Crippen LogP contribution in [0.15, 0.2) is 18.2 Å². The zero-order valence-corrected chi connectivity index (χ0v) is 17.8. The van der Waals surface area contributed by atoms with Gasteiger partial charge in [0.25, 0.3) is 0 Å². The summed E-state index contributed by atoms with van der Waals surface area (Å²) in [6.45, 7) is 11.2. The fourth-order valence-corrected chi connectivity index (χ4v) is 2.74. The van der Waals surface area contributed by atoms with Crippen molar-refractivity contribution in [3.05, 3.63) is 29.3 Å². The van der Waals surface area contributed by atoms with E-state index >= 15 is 0 Å². The lowest BCUT2D eigenvalue weighted by Crippen LogP contribution is -2.23. The fraction of sp³-hybridized carbons (Fsp3) is 0.727. The lowest BCUT2D eigenvalue weighted by Gasteiger charge is -2.23. The molecule has 2 unspecified atom stereocenters. The Kier molecular flexibility index (Phi) is 10.8. The first-order valence-corrected chi connectivity index (χ1v) is 10.5. The second-order valence-electron chi connectivity index (χ2n) is 7.28. The molecule has 6 nitrogen and oxygen atoms in total. The summed E-state index contributed by atoms with van der Waals surface area (Å²) in [6.07, 6.45) is 3.89. The monoisotopic (exact) mass is 396 g/mol. The fourth-order valence-electron chi connectivity index (χ4n) is 2.74. The molecule has 2 atom stereocenters. The molecule has 1 aliphatic rings. The Balaban J connectivity index is 1.91. The van der Waals surface area contributed by atoms with E-state index in [0.29, 0.717) is 19.8 Å². The lowest BCUT2D eigenvalue weighted by atomic mass is 10.1. The summed E-state index contributed by atoms with van der Waals surface area (Å²) >= 11 is 0. The second-order valence-corrected chi connectivity index (χ2v) is 7.28. The summed E-state index contributed by atoms with van der Waals surface area (Å²) in [4.78, 5) is 10.2. The van der Waals surface area contributed by atoms with Crippen LogP contribution in [0, 0.1) is 0 Å². The Bertz CT molecular complexity index is 530. The van der Waals surface area contributed by atoms with Crippen LogP contribution < -0.4 is 4.89 Å². The van der Waals surface area contributed by atoms with E-state index in [0.717, 1.165) is 55.8 Å². The van der Waals surface area contributed by atoms with Crippen molar-refractivity contribution >= 4 is 0 Å². The van der Waals surface area contributed by atoms with Crippen molar-refractivity contribution < 1.29 is 28.7 Å². The molecule has 1 aromatic rings. The molecule has 160 valence electrons. The predicted octanol–water partition coefficient (Wildman–Crippen LogP) is 4.95. The normalized spacial score (nSPS) is 16.4. The average Bonchev–Trinajstić information content (AvgIpc) is 3.16. The minimum absolute atomic E-state index is 0.0111. The first-order chi connectivity index (χ1) is 13.6. The molecule has 1 aliphatic heterocycles. The highest BCUT2D eigenvalue weighted by Gasteiger charge is 2.21. The van der Waals surface area contributed by atoms with Gasteiger partial charge in [0, 0.05) is 24.3 Å². The van der Waals surface area contributed by atoms with Crippen LogP contribution in [0.25, 0.3) is 0 Å². The van der Waals surface area contributed by atoms with E-state index in [1.807, 2.05) is 32.0 Å². The van der Waals surface area contributed by atoms with Crippen molar-refractivity contribution in [1.82, 2.24) is 0 Å². The van der Waals surface area contributed by atoms with Crippen molar-refractivity contribution in [2.75, 3.05) is 26.4 Å². The molecule has 0 fully saturated rings. The van der Waals surface area contributed by atoms with Gasteiger partial charge < -0.3 is 23.8 Å². The third-order valence-electron chi connectivity index (χ3n) is 4.48. The van der Waals surface area contributed by atoms with E-state index in [9.17, 15) is 0 Å². The van der Waals surface area contributed by atoms with Gasteiger partial charge in [0.2, 0.25) is 0 Å². The summed E-state index contributed by atoms with van der Waals surface area (Å²) in [5.74, 6) is 0.745. The van der Waals surface area contributed by atoms with Crippen molar-refractivity contribution in [3.63, 3.8) is 0 Å². The highest BCUT2D eigenvalue weighted by atomic mass is 17.2. The minimum atomic E-state index is -0.486. The molecule has 1 heterocycles. The van der Waals surface area contributed by atoms with Crippen LogP contribution in [0.4, 0.5) is 0 Å². The van der Waals surface area contributed by atoms with E-state index < -0.39 is 6.29 Å². The van der Waals surface area contributed by atoms with E-state index in [2.05, 4.69) is 13.8 Å². The number of unbranched alkanes of at least 4 members (excludes halogenated alkanes) is 2. The molecule has 2 rings (SSSR count). The molecule has 0 bridgehead atoms. The summed E-state index contributed by atoms with van der Waals surface area (Å²) in [6, 6.07) is 5.85. The third kappa shape index (κ3) is 8.05. The molecule has 28 heavy (non-hydrogen) atoms. The molecule has 0 saturated heterocycles. The van der Waals surface area contributed by atoms with Gasteiger partial charge in [-0.15, -0.1) is 0 Å². The molecular formula is C22H36O6. The number of hydrogen-bond donors (Lipinski definition) is 0. The Hall–Kier alpha value is -1.18. The average molecular weight is 397 g/mol. The number of hydrogen-bond acceptors (Lipinski definition) is 6. The zero-order chi connectivity index (χ0) is 20.2. The summed E-state index contributed by atoms with van der Waals surface area (Å²) in [5.41, 5.74) is 1.93. The highest BCUT2D eigenvalue weighted by Crippen LogP contribution is 2.30. The Morgan fingerprint density at radius 3 is 2.07 bits per heavy atom. The summed E-state index contributed by atoms with van der Waals surface area (Å²) < 4.78 is 23.7. The Morgan fingerprint density at radius 2 is 1.50 bits per heavy atom. The lowest BCUT2D eigenvalue weighted by molar-refractivity contribution is -0.194. The van der Waals surface area contributed by atoms with Crippen molar-refractivity contribution in [3.8, 4) is 5.75 Å². The molecule has 1 aromatic carbocycles. The molecule has 0 spiro atoms. The van der Waals surface area contributed by atoms with Gasteiger partial charge in [0.1, 0.15) is 6.61 Å². The van der Waals surface area contributed by atoms with Crippen LogP contribution in [-0.2, 0) is 30.4 Å². The Labute approximate surface area is 169 Å². The first-order valence-electron chi connectivity index (χ1n) is 10.5. The third-order valence-corrected chi connectivity index (χ3v) is 4.48. The largest absolute Gasteiger partial charge is 0.376 e. The minimum Gasteiger partial charge on any atom is -0.376 e. The van der Waals surface area contributed by atoms with Crippen molar-refractivity contribution in [2.24, 2.45) is 0 Å². The molecule has 6 heteroatoms. The summed E-state index contributed by atoms with van der Waals surface area (Å²) in [7, 11) is 0. The maximum absolute atomic E-state index is 6.07. The molecule has 0 amide bonds. The van der Waals surface area contributed by atoms with E-state index in [1.165, 1.54) is 0 Å². The van der Waals surface area contributed by atoms with Gasteiger partial charge in [-0.25, -0.2) is 0 Å². The van der Waals surface area contributed by atoms with E-state index in [-0.39, 0.29) is 12.2 Å². The number of ether oxygens (including phenoxy) is 4. The van der Waals surface area contributed by atoms with Gasteiger partial charge in [-0.1, -0.05) is 32.8 Å². The molecule has 0 N–H and O–H groups in total. The van der Waals surface area contributed by atoms with Crippen LogP contribution in [0.2, 0.25) is 0 Å². The summed E-state index contributed by atoms with van der Waals surface area (Å²) in [5, 5.41) is 0. The van der Waals surface area contributed by atoms with Gasteiger partial charge >= 0.3 is 0 Å². The first kappa shape index (κ1) is 23.1. The molecule has 0 radical (unpaired) electrons. The van der Waals surface area contributed by atoms with Crippen LogP contribution in [0.1, 0.15) is 70.8 Å². The molecular weight excluding hydrogens is 360 g/mol. The maximum atomic E-state index is 6.07. The highest BCUT2D eigenvalue weighted by molar-refractivity contribution is 5.38. The van der Waals surface area contributed by atoms with Gasteiger partial charge in [-0.3, -0.25) is 0 Å². The van der Waals surface area contributed by atoms with Crippen molar-refractivity contribution in [1.29, 1.82) is 0 Å². The van der Waals surface area contributed by atoms with E-state index in [4.69, 9.17) is 28.7 Å². The van der Waals surface area contributed by atoms with Crippen LogP contribution in [0.5, 0.6) is 5.75 Å². The van der Waals surface area contributed by atoms with Gasteiger partial charge in [0.05, 0.1) is 25.4 Å². The topological polar surface area (TPSA) is 55.4 Å². The molecule has 0 aliphatic carbocycles. The van der Waals surface area contributed by atoms with Crippen molar-refractivity contribution in [2.45, 2.75) is 78.5 Å². The number of rotatable bonds is 15. The van der Waals surface area contributed by atoms with Crippen LogP contribution >= 0.6 is 0 Å². The predicted molar refractivity (Wildman–Crippen MR) is 107 cm³/mol. The maximum Gasteiger partial charge on any atom is 0.184 e. The standard InChI is InChI=1S/C22H36O6/c1-5-7-11-23-17(3)14-25-22(26-15-18(4)24-12-8-6-2)19-9-10-21-20(13-19)16-27-28-21/h9-10,13,17-18,22H,5-8,11-12,14-16H2,1-4H3.